The molecule has 3 heteroatoms. The third kappa shape index (κ3) is 5.02. The van der Waals surface area contributed by atoms with E-state index in [1.165, 1.54) is 11.1 Å². The van der Waals surface area contributed by atoms with Gasteiger partial charge in [-0.3, -0.25) is 0 Å². The number of hydrogen-bond acceptors (Lipinski definition) is 3. The van der Waals surface area contributed by atoms with Gasteiger partial charge in [-0.15, -0.1) is 0 Å². The molecular weight excluding hydrogens is 442 g/mol. The first-order valence-electron chi connectivity index (χ1n) is 12.2. The van der Waals surface area contributed by atoms with Gasteiger partial charge in [-0.05, 0) is 34.4 Å². The number of hydrogen-bond donors (Lipinski definition) is 3. The lowest BCUT2D eigenvalue weighted by atomic mass is 9.82. The third-order valence-electron chi connectivity index (χ3n) is 6.62. The van der Waals surface area contributed by atoms with Gasteiger partial charge in [-0.1, -0.05) is 121 Å². The minimum atomic E-state index is -0.322. The zero-order chi connectivity index (χ0) is 24.7. The fourth-order valence-electron chi connectivity index (χ4n) is 4.87. The highest BCUT2D eigenvalue weighted by molar-refractivity contribution is 5.54. The summed E-state index contributed by atoms with van der Waals surface area (Å²) in [5.74, 6) is 0.0947. The molecule has 0 saturated carbocycles. The Balaban J connectivity index is 1.55. The lowest BCUT2D eigenvalue weighted by Crippen LogP contribution is -2.23. The Morgan fingerprint density at radius 2 is 0.889 bits per heavy atom. The minimum absolute atomic E-state index is 0.0224. The fourth-order valence-corrected chi connectivity index (χ4v) is 4.87. The standard InChI is InChI=1S/C33H29NO2/c35-30-21-11-9-19-28(30)32(29-20-10-12-22-31(29)36)27-18-8-7-17-26(27)23-34-33(24-13-3-1-4-14-24)25-15-5-2-6-16-25/h1-22,32-36H,23H2. The lowest BCUT2D eigenvalue weighted by Gasteiger charge is -2.25. The van der Waals surface area contributed by atoms with Crippen LogP contribution in [0.3, 0.4) is 0 Å². The van der Waals surface area contributed by atoms with Crippen molar-refractivity contribution in [3.63, 3.8) is 0 Å². The number of benzene rings is 5. The summed E-state index contributed by atoms with van der Waals surface area (Å²) in [6, 6.07) is 43.9. The average molecular weight is 472 g/mol. The number of aromatic hydroxyl groups is 2. The average Bonchev–Trinajstić information content (AvgIpc) is 2.93. The number of rotatable bonds is 8. The van der Waals surface area contributed by atoms with Crippen LogP contribution in [0.5, 0.6) is 11.5 Å². The van der Waals surface area contributed by atoms with Crippen LogP contribution in [0.15, 0.2) is 133 Å². The van der Waals surface area contributed by atoms with Crippen molar-refractivity contribution in [3.8, 4) is 11.5 Å². The predicted octanol–water partition coefficient (Wildman–Crippen LogP) is 7.16. The number of nitrogens with one attached hydrogen (secondary N) is 1. The van der Waals surface area contributed by atoms with Gasteiger partial charge < -0.3 is 15.5 Å². The molecular formula is C33H29NO2. The Morgan fingerprint density at radius 1 is 0.472 bits per heavy atom. The van der Waals surface area contributed by atoms with Gasteiger partial charge in [0.1, 0.15) is 11.5 Å². The van der Waals surface area contributed by atoms with Gasteiger partial charge in [0.05, 0.1) is 6.04 Å². The summed E-state index contributed by atoms with van der Waals surface area (Å²) < 4.78 is 0. The molecule has 0 heterocycles. The van der Waals surface area contributed by atoms with Crippen molar-refractivity contribution in [1.29, 1.82) is 0 Å². The summed E-state index contributed by atoms with van der Waals surface area (Å²) in [5, 5.41) is 25.4. The van der Waals surface area contributed by atoms with Crippen molar-refractivity contribution in [2.75, 3.05) is 0 Å². The second kappa shape index (κ2) is 10.9. The highest BCUT2D eigenvalue weighted by Gasteiger charge is 2.25. The Labute approximate surface area is 212 Å². The van der Waals surface area contributed by atoms with Crippen molar-refractivity contribution in [2.24, 2.45) is 0 Å². The Hall–Kier alpha value is -4.34. The van der Waals surface area contributed by atoms with Crippen LogP contribution in [0.1, 0.15) is 45.3 Å². The van der Waals surface area contributed by atoms with E-state index in [0.29, 0.717) is 6.54 Å². The van der Waals surface area contributed by atoms with Crippen molar-refractivity contribution < 1.29 is 10.2 Å². The molecule has 0 aliphatic rings. The van der Waals surface area contributed by atoms with Gasteiger partial charge >= 0.3 is 0 Å². The smallest absolute Gasteiger partial charge is 0.119 e. The molecule has 0 unspecified atom stereocenters. The summed E-state index contributed by atoms with van der Waals surface area (Å²) in [5.41, 5.74) is 6.04. The van der Waals surface area contributed by atoms with Crippen molar-refractivity contribution in [1.82, 2.24) is 5.32 Å². The Morgan fingerprint density at radius 3 is 1.39 bits per heavy atom. The van der Waals surface area contributed by atoms with E-state index in [-0.39, 0.29) is 23.5 Å². The molecule has 5 aromatic carbocycles. The van der Waals surface area contributed by atoms with E-state index in [0.717, 1.165) is 22.3 Å². The highest BCUT2D eigenvalue weighted by Crippen LogP contribution is 2.41. The molecule has 36 heavy (non-hydrogen) atoms. The zero-order valence-corrected chi connectivity index (χ0v) is 20.0. The topological polar surface area (TPSA) is 52.5 Å². The molecule has 5 rings (SSSR count). The molecule has 178 valence electrons. The fraction of sp³-hybridized carbons (Fsp3) is 0.0909. The van der Waals surface area contributed by atoms with Crippen LogP contribution in [0, 0.1) is 0 Å². The molecule has 0 fully saturated rings. The molecule has 3 N–H and O–H groups in total. The molecule has 3 nitrogen and oxygen atoms in total. The predicted molar refractivity (Wildman–Crippen MR) is 145 cm³/mol. The summed E-state index contributed by atoms with van der Waals surface area (Å²) in [4.78, 5) is 0. The molecule has 0 amide bonds. The maximum Gasteiger partial charge on any atom is 0.119 e. The van der Waals surface area contributed by atoms with Gasteiger partial charge in [-0.25, -0.2) is 0 Å². The largest absolute Gasteiger partial charge is 0.508 e. The van der Waals surface area contributed by atoms with Crippen LogP contribution in [0.25, 0.3) is 0 Å². The normalized spacial score (nSPS) is 11.2. The Bertz CT molecular complexity index is 1330. The van der Waals surface area contributed by atoms with Crippen LogP contribution >= 0.6 is 0 Å². The van der Waals surface area contributed by atoms with E-state index in [2.05, 4.69) is 66.0 Å². The number of phenols is 2. The van der Waals surface area contributed by atoms with Gasteiger partial charge in [0.25, 0.3) is 0 Å². The highest BCUT2D eigenvalue weighted by atomic mass is 16.3. The summed E-state index contributed by atoms with van der Waals surface area (Å²) in [6.45, 7) is 0.613. The molecule has 5 aromatic rings. The summed E-state index contributed by atoms with van der Waals surface area (Å²) in [7, 11) is 0. The van der Waals surface area contributed by atoms with Crippen molar-refractivity contribution in [3.05, 3.63) is 167 Å². The molecule has 0 saturated heterocycles. The molecule has 0 spiro atoms. The SMILES string of the molecule is Oc1ccccc1C(c1ccccc1O)c1ccccc1CNC(c1ccccc1)c1ccccc1. The number of para-hydroxylation sites is 2. The second-order valence-corrected chi connectivity index (χ2v) is 8.88. The Kier molecular flexibility index (Phi) is 7.11. The van der Waals surface area contributed by atoms with Crippen LogP contribution < -0.4 is 5.32 Å². The van der Waals surface area contributed by atoms with Crippen LogP contribution in [0.2, 0.25) is 0 Å². The monoisotopic (exact) mass is 471 g/mol. The van der Waals surface area contributed by atoms with E-state index < -0.39 is 0 Å². The first kappa shape index (κ1) is 23.4. The molecule has 0 aliphatic heterocycles. The maximum atomic E-state index is 10.8. The molecule has 0 atom stereocenters. The first-order chi connectivity index (χ1) is 17.7. The van der Waals surface area contributed by atoms with Crippen LogP contribution in [-0.4, -0.2) is 10.2 Å². The van der Waals surface area contributed by atoms with E-state index in [1.807, 2.05) is 60.7 Å². The van der Waals surface area contributed by atoms with E-state index in [4.69, 9.17) is 0 Å². The van der Waals surface area contributed by atoms with Crippen LogP contribution in [-0.2, 0) is 6.54 Å². The zero-order valence-electron chi connectivity index (χ0n) is 20.0. The van der Waals surface area contributed by atoms with Gasteiger partial charge in [0.2, 0.25) is 0 Å². The van der Waals surface area contributed by atoms with E-state index >= 15 is 0 Å². The van der Waals surface area contributed by atoms with Gasteiger partial charge in [0, 0.05) is 23.6 Å². The minimum Gasteiger partial charge on any atom is -0.508 e. The van der Waals surface area contributed by atoms with Crippen LogP contribution in [0.4, 0.5) is 0 Å². The lowest BCUT2D eigenvalue weighted by molar-refractivity contribution is 0.458. The molecule has 0 aromatic heterocycles. The second-order valence-electron chi connectivity index (χ2n) is 8.88. The van der Waals surface area contributed by atoms with Crippen molar-refractivity contribution >= 4 is 0 Å². The summed E-state index contributed by atoms with van der Waals surface area (Å²) in [6.07, 6.45) is 0. The first-order valence-corrected chi connectivity index (χ1v) is 12.2. The third-order valence-corrected chi connectivity index (χ3v) is 6.62. The van der Waals surface area contributed by atoms with Gasteiger partial charge in [-0.2, -0.15) is 0 Å². The van der Waals surface area contributed by atoms with E-state index in [9.17, 15) is 10.2 Å². The quantitative estimate of drug-likeness (QED) is 0.211. The summed E-state index contributed by atoms with van der Waals surface area (Å²) >= 11 is 0. The molecule has 0 radical (unpaired) electrons. The van der Waals surface area contributed by atoms with E-state index in [1.54, 1.807) is 12.1 Å². The van der Waals surface area contributed by atoms with Crippen molar-refractivity contribution in [2.45, 2.75) is 18.5 Å². The molecule has 0 aliphatic carbocycles. The maximum absolute atomic E-state index is 10.8. The van der Waals surface area contributed by atoms with Gasteiger partial charge in [0.15, 0.2) is 0 Å². The number of phenolic OH excluding ortho intramolecular Hbond substituents is 2. The molecule has 0 bridgehead atoms.